The smallest absolute Gasteiger partial charge is 0.293 e. The van der Waals surface area contributed by atoms with Crippen molar-refractivity contribution in [1.29, 1.82) is 0 Å². The number of sulfone groups is 1. The first kappa shape index (κ1) is 20.8. The molecule has 2 aliphatic rings. The normalized spacial score (nSPS) is 17.4. The van der Waals surface area contributed by atoms with Gasteiger partial charge in [0.2, 0.25) is 0 Å². The Bertz CT molecular complexity index is 1500. The second kappa shape index (κ2) is 7.20. The van der Waals surface area contributed by atoms with E-state index >= 15 is 0 Å². The van der Waals surface area contributed by atoms with Gasteiger partial charge in [0.15, 0.2) is 9.84 Å². The quantitative estimate of drug-likeness (QED) is 0.507. The van der Waals surface area contributed by atoms with Crippen LogP contribution in [0.1, 0.15) is 31.2 Å². The van der Waals surface area contributed by atoms with Crippen molar-refractivity contribution in [2.75, 3.05) is 5.75 Å². The van der Waals surface area contributed by atoms with Crippen LogP contribution in [-0.2, 0) is 30.0 Å². The van der Waals surface area contributed by atoms with Crippen molar-refractivity contribution in [2.45, 2.75) is 43.7 Å². The Morgan fingerprint density at radius 3 is 2.56 bits per heavy atom. The maximum Gasteiger partial charge on any atom is 0.331 e. The fourth-order valence-corrected chi connectivity index (χ4v) is 5.97. The predicted molar refractivity (Wildman–Crippen MR) is 120 cm³/mol. The molecule has 2 aliphatic carbocycles. The van der Waals surface area contributed by atoms with Gasteiger partial charge in [0.05, 0.1) is 34.3 Å². The minimum Gasteiger partial charge on any atom is -0.293 e. The molecule has 32 heavy (non-hydrogen) atoms. The monoisotopic (exact) mass is 452 g/mol. The lowest BCUT2D eigenvalue weighted by atomic mass is 10.2. The summed E-state index contributed by atoms with van der Waals surface area (Å²) in [5, 5.41) is 4.33. The molecule has 2 heterocycles. The molecule has 3 aromatic rings. The molecule has 0 spiro atoms. The molecule has 9 heteroatoms. The van der Waals surface area contributed by atoms with E-state index in [1.54, 1.807) is 34.8 Å². The molecular formula is C23H24N4O4S. The van der Waals surface area contributed by atoms with Crippen LogP contribution in [0.5, 0.6) is 0 Å². The number of nitrogens with zero attached hydrogens (tertiary/aromatic N) is 4. The first-order valence-electron chi connectivity index (χ1n) is 10.7. The molecule has 166 valence electrons. The molecule has 0 bridgehead atoms. The summed E-state index contributed by atoms with van der Waals surface area (Å²) in [7, 11) is -1.91. The van der Waals surface area contributed by atoms with Gasteiger partial charge in [-0.25, -0.2) is 13.2 Å². The summed E-state index contributed by atoms with van der Waals surface area (Å²) in [5.74, 6) is 2.88. The number of aryl methyl sites for hydroxylation is 1. The minimum absolute atomic E-state index is 0.0631. The van der Waals surface area contributed by atoms with Crippen molar-refractivity contribution in [2.24, 2.45) is 18.4 Å². The van der Waals surface area contributed by atoms with Gasteiger partial charge in [-0.1, -0.05) is 5.92 Å². The van der Waals surface area contributed by atoms with Gasteiger partial charge in [-0.2, -0.15) is 5.10 Å². The first-order valence-corrected chi connectivity index (χ1v) is 12.3. The van der Waals surface area contributed by atoms with E-state index in [2.05, 4.69) is 11.0 Å². The molecule has 1 aromatic carbocycles. The minimum atomic E-state index is -3.67. The lowest BCUT2D eigenvalue weighted by Crippen LogP contribution is -2.40. The highest BCUT2D eigenvalue weighted by Gasteiger charge is 2.45. The third kappa shape index (κ3) is 3.69. The van der Waals surface area contributed by atoms with Crippen LogP contribution in [0.25, 0.3) is 10.9 Å². The van der Waals surface area contributed by atoms with Crippen LogP contribution in [0.3, 0.4) is 0 Å². The average molecular weight is 453 g/mol. The Balaban J connectivity index is 1.66. The summed E-state index contributed by atoms with van der Waals surface area (Å²) >= 11 is 0. The van der Waals surface area contributed by atoms with E-state index in [-0.39, 0.29) is 22.6 Å². The van der Waals surface area contributed by atoms with Gasteiger partial charge in [-0.15, -0.1) is 6.42 Å². The summed E-state index contributed by atoms with van der Waals surface area (Å²) in [6.07, 6.45) is 12.4. The number of hydrogen-bond donors (Lipinski definition) is 0. The zero-order valence-corrected chi connectivity index (χ0v) is 18.6. The standard InChI is InChI=1S/C23H24N4O4S/c1-3-23(8-9-23)15-32(30,31)18-6-7-20-19(10-18)21(28)27(14-17-11-24-25(2)12-17)22(29)26(20)13-16-4-5-16/h1,6-7,10-12,16H,4-5,8-9,13-15H2,2H3. The topological polar surface area (TPSA) is 96.0 Å². The lowest BCUT2D eigenvalue weighted by Gasteiger charge is -2.15. The van der Waals surface area contributed by atoms with Crippen molar-refractivity contribution in [3.05, 3.63) is 57.0 Å². The maximum atomic E-state index is 13.3. The third-order valence-corrected chi connectivity index (χ3v) is 8.32. The SMILES string of the molecule is C#CC1(CS(=O)(=O)c2ccc3c(c2)c(=O)n(Cc2cnn(C)c2)c(=O)n3CC2CC2)CC1. The number of terminal acetylenes is 1. The fourth-order valence-electron chi connectivity index (χ4n) is 4.14. The molecule has 0 radical (unpaired) electrons. The molecule has 8 nitrogen and oxygen atoms in total. The predicted octanol–water partition coefficient (Wildman–Crippen LogP) is 1.54. The maximum absolute atomic E-state index is 13.3. The molecule has 0 N–H and O–H groups in total. The molecular weight excluding hydrogens is 428 g/mol. The van der Waals surface area contributed by atoms with Crippen LogP contribution in [0.15, 0.2) is 45.1 Å². The molecule has 2 saturated carbocycles. The van der Waals surface area contributed by atoms with E-state index in [1.165, 1.54) is 16.7 Å². The molecule has 5 rings (SSSR count). The Morgan fingerprint density at radius 2 is 1.97 bits per heavy atom. The average Bonchev–Trinajstić information content (AvgIpc) is 3.69. The van der Waals surface area contributed by atoms with E-state index in [0.29, 0.717) is 30.8 Å². The van der Waals surface area contributed by atoms with Gasteiger partial charge in [0.25, 0.3) is 5.56 Å². The van der Waals surface area contributed by atoms with E-state index in [1.807, 2.05) is 0 Å². The molecule has 2 aromatic heterocycles. The van der Waals surface area contributed by atoms with Crippen LogP contribution in [0, 0.1) is 23.7 Å². The highest BCUT2D eigenvalue weighted by atomic mass is 32.2. The molecule has 0 unspecified atom stereocenters. The molecule has 0 atom stereocenters. The van der Waals surface area contributed by atoms with E-state index in [9.17, 15) is 18.0 Å². The van der Waals surface area contributed by atoms with Crippen molar-refractivity contribution in [1.82, 2.24) is 18.9 Å². The molecule has 2 fully saturated rings. The Morgan fingerprint density at radius 1 is 1.22 bits per heavy atom. The van der Waals surface area contributed by atoms with Gasteiger partial charge in [0, 0.05) is 30.8 Å². The van der Waals surface area contributed by atoms with Crippen molar-refractivity contribution >= 4 is 20.7 Å². The van der Waals surface area contributed by atoms with Crippen LogP contribution >= 0.6 is 0 Å². The fraction of sp³-hybridized carbons (Fsp3) is 0.435. The van der Waals surface area contributed by atoms with Gasteiger partial charge in [-0.05, 0) is 49.8 Å². The van der Waals surface area contributed by atoms with Crippen LogP contribution in [0.4, 0.5) is 0 Å². The third-order valence-electron chi connectivity index (χ3n) is 6.42. The van der Waals surface area contributed by atoms with Crippen molar-refractivity contribution in [3.8, 4) is 12.3 Å². The Kier molecular flexibility index (Phi) is 4.67. The summed E-state index contributed by atoms with van der Waals surface area (Å²) in [6, 6.07) is 4.47. The van der Waals surface area contributed by atoms with Gasteiger partial charge in [-0.3, -0.25) is 18.6 Å². The summed E-state index contributed by atoms with van der Waals surface area (Å²) in [6.45, 7) is 0.582. The van der Waals surface area contributed by atoms with Gasteiger partial charge >= 0.3 is 5.69 Å². The summed E-state index contributed by atoms with van der Waals surface area (Å²) in [5.41, 5.74) is -0.308. The number of aromatic nitrogens is 4. The van der Waals surface area contributed by atoms with E-state index in [0.717, 1.165) is 18.4 Å². The van der Waals surface area contributed by atoms with E-state index in [4.69, 9.17) is 6.42 Å². The zero-order chi connectivity index (χ0) is 22.7. The zero-order valence-electron chi connectivity index (χ0n) is 17.8. The number of fused-ring (bicyclic) bond motifs is 1. The van der Waals surface area contributed by atoms with E-state index < -0.39 is 26.5 Å². The summed E-state index contributed by atoms with van der Waals surface area (Å²) in [4.78, 5) is 26.7. The first-order chi connectivity index (χ1) is 15.2. The lowest BCUT2D eigenvalue weighted by molar-refractivity contribution is 0.565. The van der Waals surface area contributed by atoms with Crippen LogP contribution in [0.2, 0.25) is 0 Å². The number of rotatable bonds is 7. The number of hydrogen-bond acceptors (Lipinski definition) is 5. The number of benzene rings is 1. The Labute approximate surface area is 185 Å². The highest BCUT2D eigenvalue weighted by Crippen LogP contribution is 2.46. The summed E-state index contributed by atoms with van der Waals surface area (Å²) < 4.78 is 30.4. The van der Waals surface area contributed by atoms with Gasteiger partial charge < -0.3 is 0 Å². The van der Waals surface area contributed by atoms with Gasteiger partial charge in [0.1, 0.15) is 0 Å². The largest absolute Gasteiger partial charge is 0.331 e. The Hall–Kier alpha value is -3.12. The molecule has 0 saturated heterocycles. The second-order valence-electron chi connectivity index (χ2n) is 9.11. The van der Waals surface area contributed by atoms with Crippen LogP contribution in [-0.4, -0.2) is 33.1 Å². The van der Waals surface area contributed by atoms with Crippen molar-refractivity contribution < 1.29 is 8.42 Å². The van der Waals surface area contributed by atoms with Crippen LogP contribution < -0.4 is 11.2 Å². The molecule has 0 amide bonds. The van der Waals surface area contributed by atoms with Crippen molar-refractivity contribution in [3.63, 3.8) is 0 Å². The molecule has 0 aliphatic heterocycles. The second-order valence-corrected chi connectivity index (χ2v) is 11.1. The highest BCUT2D eigenvalue weighted by molar-refractivity contribution is 7.91.